The fourth-order valence-corrected chi connectivity index (χ4v) is 4.13. The standard InChI is InChI=1S/C26H25N7O3/c1-4-36-20-10-9-17(13-21(20)35-3)23-22(25(34)30-19-8-6-12-28-15-19)16(2)29-26-31-24(32-33(23)26)18-7-5-11-27-14-18/h5-15,23H,4H2,1-3H3,(H,30,34)(H,29,31,32). The summed E-state index contributed by atoms with van der Waals surface area (Å²) in [4.78, 5) is 26.6. The SMILES string of the molecule is CCOc1ccc(C2C(C(=O)Nc3cccnc3)=C(C)Nc3nc(-c4cccnc4)nn32)cc1OC. The van der Waals surface area contributed by atoms with Gasteiger partial charge in [0.2, 0.25) is 5.95 Å². The van der Waals surface area contributed by atoms with Crippen LogP contribution in [0.5, 0.6) is 11.5 Å². The molecule has 36 heavy (non-hydrogen) atoms. The van der Waals surface area contributed by atoms with Gasteiger partial charge in [0.1, 0.15) is 6.04 Å². The molecule has 2 N–H and O–H groups in total. The predicted molar refractivity (Wildman–Crippen MR) is 135 cm³/mol. The van der Waals surface area contributed by atoms with Gasteiger partial charge in [0, 0.05) is 29.9 Å². The molecule has 0 bridgehead atoms. The molecule has 0 radical (unpaired) electrons. The zero-order valence-corrected chi connectivity index (χ0v) is 20.1. The van der Waals surface area contributed by atoms with Gasteiger partial charge in [0.25, 0.3) is 5.91 Å². The van der Waals surface area contributed by atoms with Crippen molar-refractivity contribution in [3.8, 4) is 22.9 Å². The number of hydrogen-bond donors (Lipinski definition) is 2. The highest BCUT2D eigenvalue weighted by Gasteiger charge is 2.35. The number of rotatable bonds is 7. The highest BCUT2D eigenvalue weighted by Crippen LogP contribution is 2.39. The molecule has 1 atom stereocenters. The van der Waals surface area contributed by atoms with Crippen LogP contribution in [0.15, 0.2) is 78.5 Å². The van der Waals surface area contributed by atoms with Gasteiger partial charge >= 0.3 is 0 Å². The number of fused-ring (bicyclic) bond motifs is 1. The normalized spacial score (nSPS) is 14.6. The lowest BCUT2D eigenvalue weighted by Crippen LogP contribution is -2.31. The van der Waals surface area contributed by atoms with E-state index in [4.69, 9.17) is 14.6 Å². The van der Waals surface area contributed by atoms with Crippen molar-refractivity contribution in [1.82, 2.24) is 24.7 Å². The Labute approximate surface area is 208 Å². The highest BCUT2D eigenvalue weighted by molar-refractivity contribution is 6.06. The Bertz CT molecular complexity index is 1420. The molecule has 0 aliphatic carbocycles. The van der Waals surface area contributed by atoms with Crippen LogP contribution in [0.1, 0.15) is 25.5 Å². The minimum atomic E-state index is -0.583. The number of methoxy groups -OCH3 is 1. The maximum atomic E-state index is 13.6. The van der Waals surface area contributed by atoms with E-state index >= 15 is 0 Å². The van der Waals surface area contributed by atoms with Gasteiger partial charge in [-0.3, -0.25) is 14.8 Å². The third kappa shape index (κ3) is 4.36. The van der Waals surface area contributed by atoms with E-state index in [1.807, 2.05) is 44.2 Å². The maximum Gasteiger partial charge on any atom is 0.255 e. The predicted octanol–water partition coefficient (Wildman–Crippen LogP) is 4.07. The van der Waals surface area contributed by atoms with Crippen molar-refractivity contribution >= 4 is 17.5 Å². The largest absolute Gasteiger partial charge is 0.493 e. The van der Waals surface area contributed by atoms with Crippen molar-refractivity contribution in [2.24, 2.45) is 0 Å². The number of nitrogens with zero attached hydrogens (tertiary/aromatic N) is 5. The Morgan fingerprint density at radius 1 is 1.11 bits per heavy atom. The van der Waals surface area contributed by atoms with Gasteiger partial charge in [-0.05, 0) is 55.8 Å². The lowest BCUT2D eigenvalue weighted by atomic mass is 9.94. The summed E-state index contributed by atoms with van der Waals surface area (Å²) < 4.78 is 13.0. The quantitative estimate of drug-likeness (QED) is 0.404. The molecule has 1 amide bonds. The van der Waals surface area contributed by atoms with Crippen molar-refractivity contribution in [3.05, 3.63) is 84.1 Å². The molecule has 5 rings (SSSR count). The summed E-state index contributed by atoms with van der Waals surface area (Å²) in [5.41, 5.74) is 3.29. The third-order valence-corrected chi connectivity index (χ3v) is 5.74. The van der Waals surface area contributed by atoms with E-state index in [1.54, 1.807) is 48.7 Å². The average molecular weight is 484 g/mol. The molecule has 10 nitrogen and oxygen atoms in total. The first kappa shape index (κ1) is 23.0. The van der Waals surface area contributed by atoms with Crippen LogP contribution in [-0.2, 0) is 4.79 Å². The lowest BCUT2D eigenvalue weighted by Gasteiger charge is -2.29. The number of allylic oxidation sites excluding steroid dienone is 1. The minimum Gasteiger partial charge on any atom is -0.493 e. The number of anilines is 2. The van der Waals surface area contributed by atoms with Gasteiger partial charge in [-0.25, -0.2) is 4.68 Å². The Morgan fingerprint density at radius 2 is 1.92 bits per heavy atom. The first-order valence-corrected chi connectivity index (χ1v) is 11.5. The smallest absolute Gasteiger partial charge is 0.255 e. The molecule has 1 aromatic carbocycles. The van der Waals surface area contributed by atoms with Gasteiger partial charge in [0.15, 0.2) is 17.3 Å². The molecule has 3 aromatic heterocycles. The zero-order valence-electron chi connectivity index (χ0n) is 20.1. The second-order valence-corrected chi connectivity index (χ2v) is 8.05. The molecular formula is C26H25N7O3. The van der Waals surface area contributed by atoms with Crippen molar-refractivity contribution in [2.75, 3.05) is 24.4 Å². The Morgan fingerprint density at radius 3 is 2.61 bits per heavy atom. The van der Waals surface area contributed by atoms with Crippen LogP contribution in [-0.4, -0.2) is 44.4 Å². The Kier molecular flexibility index (Phi) is 6.31. The molecule has 182 valence electrons. The average Bonchev–Trinajstić information content (AvgIpc) is 3.33. The van der Waals surface area contributed by atoms with Crippen molar-refractivity contribution in [2.45, 2.75) is 19.9 Å². The number of aromatic nitrogens is 5. The lowest BCUT2D eigenvalue weighted by molar-refractivity contribution is -0.113. The first-order chi connectivity index (χ1) is 17.6. The van der Waals surface area contributed by atoms with Crippen LogP contribution in [0, 0.1) is 0 Å². The number of amides is 1. The van der Waals surface area contributed by atoms with Gasteiger partial charge in [-0.2, -0.15) is 4.98 Å². The van der Waals surface area contributed by atoms with Crippen LogP contribution < -0.4 is 20.1 Å². The van der Waals surface area contributed by atoms with E-state index < -0.39 is 6.04 Å². The van der Waals surface area contributed by atoms with Crippen LogP contribution in [0.2, 0.25) is 0 Å². The molecule has 4 aromatic rings. The van der Waals surface area contributed by atoms with E-state index in [0.29, 0.717) is 46.8 Å². The number of hydrogen-bond acceptors (Lipinski definition) is 8. The molecule has 1 unspecified atom stereocenters. The van der Waals surface area contributed by atoms with E-state index in [1.165, 1.54) is 0 Å². The van der Waals surface area contributed by atoms with Crippen molar-refractivity contribution < 1.29 is 14.3 Å². The fourth-order valence-electron chi connectivity index (χ4n) is 4.13. The third-order valence-electron chi connectivity index (χ3n) is 5.74. The van der Waals surface area contributed by atoms with E-state index in [-0.39, 0.29) is 5.91 Å². The number of pyridine rings is 2. The first-order valence-electron chi connectivity index (χ1n) is 11.5. The Balaban J connectivity index is 1.63. The van der Waals surface area contributed by atoms with Crippen LogP contribution in [0.3, 0.4) is 0 Å². The molecule has 0 saturated carbocycles. The highest BCUT2D eigenvalue weighted by atomic mass is 16.5. The summed E-state index contributed by atoms with van der Waals surface area (Å²) in [6, 6.07) is 12.3. The molecule has 1 aliphatic rings. The van der Waals surface area contributed by atoms with Gasteiger partial charge in [-0.1, -0.05) is 6.07 Å². The molecule has 1 aliphatic heterocycles. The van der Waals surface area contributed by atoms with Crippen LogP contribution >= 0.6 is 0 Å². The summed E-state index contributed by atoms with van der Waals surface area (Å²) in [5.74, 6) is 1.91. The fraction of sp³-hybridized carbons (Fsp3) is 0.192. The molecule has 10 heteroatoms. The van der Waals surface area contributed by atoms with Crippen LogP contribution in [0.25, 0.3) is 11.4 Å². The molecular weight excluding hydrogens is 458 g/mol. The second kappa shape index (κ2) is 9.87. The molecule has 0 fully saturated rings. The van der Waals surface area contributed by atoms with Gasteiger partial charge in [-0.15, -0.1) is 5.10 Å². The number of benzene rings is 1. The molecule has 0 spiro atoms. The van der Waals surface area contributed by atoms with E-state index in [2.05, 4.69) is 25.6 Å². The number of ether oxygens (including phenoxy) is 2. The van der Waals surface area contributed by atoms with E-state index in [0.717, 1.165) is 11.1 Å². The topological polar surface area (TPSA) is 116 Å². The van der Waals surface area contributed by atoms with Crippen molar-refractivity contribution in [1.29, 1.82) is 0 Å². The number of carbonyl (C=O) groups excluding carboxylic acids is 1. The minimum absolute atomic E-state index is 0.282. The molecule has 0 saturated heterocycles. The van der Waals surface area contributed by atoms with Gasteiger partial charge < -0.3 is 20.1 Å². The summed E-state index contributed by atoms with van der Waals surface area (Å²) in [5, 5.41) is 11.0. The zero-order chi connectivity index (χ0) is 25.1. The maximum absolute atomic E-state index is 13.6. The Hall–Kier alpha value is -4.73. The van der Waals surface area contributed by atoms with E-state index in [9.17, 15) is 4.79 Å². The number of nitrogens with one attached hydrogen (secondary N) is 2. The monoisotopic (exact) mass is 483 g/mol. The second-order valence-electron chi connectivity index (χ2n) is 8.05. The summed E-state index contributed by atoms with van der Waals surface area (Å²) in [6.45, 7) is 4.26. The summed E-state index contributed by atoms with van der Waals surface area (Å²) in [7, 11) is 1.59. The van der Waals surface area contributed by atoms with Gasteiger partial charge in [0.05, 0.1) is 31.2 Å². The number of carbonyl (C=O) groups is 1. The van der Waals surface area contributed by atoms with Crippen LogP contribution in [0.4, 0.5) is 11.6 Å². The summed E-state index contributed by atoms with van der Waals surface area (Å²) >= 11 is 0. The summed E-state index contributed by atoms with van der Waals surface area (Å²) in [6.07, 6.45) is 6.64. The molecule has 4 heterocycles. The van der Waals surface area contributed by atoms with Crippen molar-refractivity contribution in [3.63, 3.8) is 0 Å².